The van der Waals surface area contributed by atoms with Gasteiger partial charge in [0.15, 0.2) is 0 Å². The number of rotatable bonds is 2. The molecule has 0 spiro atoms. The van der Waals surface area contributed by atoms with Crippen LogP contribution in [0, 0.1) is 0 Å². The first-order valence-corrected chi connectivity index (χ1v) is 3.04. The minimum atomic E-state index is 0. The number of hydrogen-bond donors (Lipinski definition) is 0. The van der Waals surface area contributed by atoms with E-state index >= 15 is 0 Å². The third-order valence-corrected chi connectivity index (χ3v) is 0.909. The molecule has 0 aromatic carbocycles. The summed E-state index contributed by atoms with van der Waals surface area (Å²) in [4.78, 5) is 0. The average molecular weight is 196 g/mol. The molecule has 0 aliphatic rings. The average Bonchev–Trinajstić information content (AvgIpc) is 1.41. The van der Waals surface area contributed by atoms with Crippen LogP contribution in [0.1, 0.15) is 0 Å². The molecule has 0 aromatic heterocycles. The van der Waals surface area contributed by atoms with Crippen LogP contribution in [0.2, 0.25) is 11.3 Å². The molecule has 6 heavy (non-hydrogen) atoms. The first-order chi connectivity index (χ1) is 2.41. The second kappa shape index (κ2) is 9.20. The van der Waals surface area contributed by atoms with Crippen LogP contribution < -0.4 is 0 Å². The van der Waals surface area contributed by atoms with Crippen LogP contribution in [0.3, 0.4) is 0 Å². The molecule has 42 valence electrons. The van der Waals surface area contributed by atoms with Crippen LogP contribution in [0.4, 0.5) is 0 Å². The second-order valence-corrected chi connectivity index (χ2v) is 1.74. The Hall–Kier alpha value is 0.714. The van der Waals surface area contributed by atoms with Crippen molar-refractivity contribution in [2.75, 3.05) is 0 Å². The Morgan fingerprint density at radius 2 is 2.33 bits per heavy atom. The molecule has 0 radical (unpaired) electrons. The molecule has 0 saturated heterocycles. The maximum absolute atomic E-state index is 3.53. The van der Waals surface area contributed by atoms with Gasteiger partial charge in [-0.05, 0) is 0 Å². The van der Waals surface area contributed by atoms with E-state index in [0.717, 1.165) is 5.39 Å². The van der Waals surface area contributed by atoms with Crippen molar-refractivity contribution in [3.8, 4) is 0 Å². The molecule has 0 atom stereocenters. The molecular weight excluding hydrogens is 187 g/mol. The molecule has 0 unspecified atom stereocenters. The molecular formula is C4H9BrNi. The van der Waals surface area contributed by atoms with Crippen molar-refractivity contribution in [3.63, 3.8) is 0 Å². The number of allylic oxidation sites excluding steroid dienone is 1. The van der Waals surface area contributed by atoms with E-state index in [4.69, 9.17) is 0 Å². The van der Waals surface area contributed by atoms with Gasteiger partial charge < -0.3 is 0 Å². The van der Waals surface area contributed by atoms with Gasteiger partial charge in [0.2, 0.25) is 0 Å². The summed E-state index contributed by atoms with van der Waals surface area (Å²) in [6.07, 6.45) is 1.90. The van der Waals surface area contributed by atoms with Gasteiger partial charge in [0.1, 0.15) is 0 Å². The van der Waals surface area contributed by atoms with E-state index in [1.807, 2.05) is 6.08 Å². The molecule has 0 saturated carbocycles. The van der Waals surface area contributed by atoms with Crippen LogP contribution in [0.25, 0.3) is 0 Å². The first kappa shape index (κ1) is 9.86. The molecule has 0 bridgehead atoms. The summed E-state index contributed by atoms with van der Waals surface area (Å²) in [7, 11) is 0. The van der Waals surface area contributed by atoms with Crippen molar-refractivity contribution in [3.05, 3.63) is 12.7 Å². The van der Waals surface area contributed by atoms with Gasteiger partial charge in [0, 0.05) is 0 Å². The Bertz CT molecular complexity index is 28.7. The number of hydrogen-bond acceptors (Lipinski definition) is 0. The van der Waals surface area contributed by atoms with Crippen molar-refractivity contribution in [1.82, 2.24) is 0 Å². The van der Waals surface area contributed by atoms with Gasteiger partial charge in [-0.25, -0.2) is 0 Å². The Morgan fingerprint density at radius 1 is 1.83 bits per heavy atom. The van der Waals surface area contributed by atoms with Crippen molar-refractivity contribution < 1.29 is 14.4 Å². The topological polar surface area (TPSA) is 0 Å². The summed E-state index contributed by atoms with van der Waals surface area (Å²) in [5, 5.41) is 1.09. The van der Waals surface area contributed by atoms with Crippen LogP contribution in [-0.4, -0.2) is 0 Å². The van der Waals surface area contributed by atoms with Crippen LogP contribution in [0.15, 0.2) is 12.7 Å². The monoisotopic (exact) mass is 194 g/mol. The normalized spacial score (nSPS) is 6.83. The molecule has 0 amide bonds. The van der Waals surface area contributed by atoms with E-state index in [1.54, 1.807) is 14.4 Å². The van der Waals surface area contributed by atoms with Gasteiger partial charge in [0.25, 0.3) is 0 Å². The fourth-order valence-corrected chi connectivity index (χ4v) is 0.376. The zero-order valence-corrected chi connectivity index (χ0v) is 6.42. The van der Waals surface area contributed by atoms with Crippen molar-refractivity contribution >= 4 is 17.0 Å². The fraction of sp³-hybridized carbons (Fsp3) is 0.500. The molecule has 2 heteroatoms. The zero-order chi connectivity index (χ0) is 4.12. The summed E-state index contributed by atoms with van der Waals surface area (Å²) >= 11 is 1.64. The Kier molecular flexibility index (Phi) is 15.1. The van der Waals surface area contributed by atoms with E-state index in [-0.39, 0.29) is 17.0 Å². The fourth-order valence-electron chi connectivity index (χ4n) is 0.0913. The molecule has 0 aromatic rings. The molecule has 0 aliphatic carbocycles. The predicted molar refractivity (Wildman–Crippen MR) is 31.2 cm³/mol. The van der Waals surface area contributed by atoms with Gasteiger partial charge in [-0.15, -0.1) is 17.0 Å². The first-order valence-electron chi connectivity index (χ1n) is 1.36. The summed E-state index contributed by atoms with van der Waals surface area (Å²) < 4.78 is 0. The summed E-state index contributed by atoms with van der Waals surface area (Å²) in [6.45, 7) is 3.53. The van der Waals surface area contributed by atoms with Gasteiger partial charge in [-0.3, -0.25) is 0 Å². The zero-order valence-electron chi connectivity index (χ0n) is 3.72. The third-order valence-electron chi connectivity index (χ3n) is 0.220. The van der Waals surface area contributed by atoms with E-state index in [9.17, 15) is 0 Å². The quantitative estimate of drug-likeness (QED) is 0.469. The third kappa shape index (κ3) is 8.83. The van der Waals surface area contributed by atoms with Gasteiger partial charge in [-0.1, -0.05) is 0 Å². The van der Waals surface area contributed by atoms with E-state index in [1.165, 1.54) is 0 Å². The SMILES string of the molecule is Br.C=C[CH2][Ni][CH3]. The Balaban J connectivity index is 0. The molecule has 0 nitrogen and oxygen atoms in total. The summed E-state index contributed by atoms with van der Waals surface area (Å²) in [5.41, 5.74) is 0. The van der Waals surface area contributed by atoms with Crippen LogP contribution >= 0.6 is 17.0 Å². The number of halogens is 1. The minimum absolute atomic E-state index is 0. The van der Waals surface area contributed by atoms with E-state index in [0.29, 0.717) is 0 Å². The van der Waals surface area contributed by atoms with Crippen LogP contribution in [-0.2, 0) is 14.4 Å². The summed E-state index contributed by atoms with van der Waals surface area (Å²) in [5.74, 6) is 2.08. The predicted octanol–water partition coefficient (Wildman–Crippen LogP) is 2.30. The Morgan fingerprint density at radius 3 is 2.33 bits per heavy atom. The second-order valence-electron chi connectivity index (χ2n) is 0.641. The van der Waals surface area contributed by atoms with Gasteiger partial charge in [-0.2, -0.15) is 0 Å². The van der Waals surface area contributed by atoms with Crippen molar-refractivity contribution in [2.24, 2.45) is 0 Å². The molecule has 0 rings (SSSR count). The maximum atomic E-state index is 3.53. The molecule has 0 aliphatic heterocycles. The van der Waals surface area contributed by atoms with Crippen molar-refractivity contribution in [1.29, 1.82) is 0 Å². The van der Waals surface area contributed by atoms with Crippen molar-refractivity contribution in [2.45, 2.75) is 11.3 Å². The van der Waals surface area contributed by atoms with E-state index < -0.39 is 0 Å². The molecule has 0 fully saturated rings. The van der Waals surface area contributed by atoms with Gasteiger partial charge in [0.05, 0.1) is 0 Å². The summed E-state index contributed by atoms with van der Waals surface area (Å²) in [6, 6.07) is 0. The van der Waals surface area contributed by atoms with E-state index in [2.05, 4.69) is 12.5 Å². The van der Waals surface area contributed by atoms with Crippen LogP contribution in [0.5, 0.6) is 0 Å². The van der Waals surface area contributed by atoms with Gasteiger partial charge >= 0.3 is 38.4 Å². The standard InChI is InChI=1S/C3H5.CH3.BrH.Ni/c1-3-2;;;/h3H,1-2H2;1H3;1H;. The molecule has 0 N–H and O–H groups in total. The molecule has 0 heterocycles. The Labute approximate surface area is 55.6 Å².